The minimum Gasteiger partial charge on any atom is -0.485 e. The first-order chi connectivity index (χ1) is 6.54. The van der Waals surface area contributed by atoms with Gasteiger partial charge in [-0.15, -0.1) is 11.3 Å². The fraction of sp³-hybridized carbons (Fsp3) is 0.429. The van der Waals surface area contributed by atoms with E-state index in [0.717, 1.165) is 0 Å². The highest BCUT2D eigenvalue weighted by atomic mass is 32.1. The third-order valence-corrected chi connectivity index (χ3v) is 3.34. The van der Waals surface area contributed by atoms with Gasteiger partial charge in [-0.1, -0.05) is 0 Å². The molecule has 0 aromatic carbocycles. The molecule has 1 aliphatic heterocycles. The van der Waals surface area contributed by atoms with Gasteiger partial charge in [0, 0.05) is 10.8 Å². The molecule has 1 aromatic rings. The summed E-state index contributed by atoms with van der Waals surface area (Å²) in [5.74, 6) is 1.22. The van der Waals surface area contributed by atoms with Gasteiger partial charge in [0.05, 0.1) is 6.16 Å². The molecule has 1 aliphatic rings. The minimum absolute atomic E-state index is 0.189. The van der Waals surface area contributed by atoms with Crippen molar-refractivity contribution in [1.82, 2.24) is 0 Å². The Morgan fingerprint density at radius 2 is 2.21 bits per heavy atom. The summed E-state index contributed by atoms with van der Waals surface area (Å²) in [7, 11) is -4.03. The monoisotopic (exact) mass is 236 g/mol. The Hall–Kier alpha value is -0.550. The van der Waals surface area contributed by atoms with Gasteiger partial charge < -0.3 is 19.3 Å². The molecular formula is C7H9O5PS. The Bertz CT molecular complexity index is 370. The maximum absolute atomic E-state index is 10.7. The van der Waals surface area contributed by atoms with Gasteiger partial charge in [-0.05, 0) is 0 Å². The van der Waals surface area contributed by atoms with Crippen molar-refractivity contribution in [3.8, 4) is 11.5 Å². The van der Waals surface area contributed by atoms with Gasteiger partial charge in [0.1, 0.15) is 12.7 Å². The molecule has 1 atom stereocenters. The maximum Gasteiger partial charge on any atom is 0.329 e. The van der Waals surface area contributed by atoms with Crippen molar-refractivity contribution < 1.29 is 23.8 Å². The van der Waals surface area contributed by atoms with Crippen LogP contribution in [0.1, 0.15) is 0 Å². The van der Waals surface area contributed by atoms with Crippen molar-refractivity contribution in [2.24, 2.45) is 0 Å². The lowest BCUT2D eigenvalue weighted by molar-refractivity contribution is 0.104. The van der Waals surface area contributed by atoms with E-state index in [1.807, 2.05) is 0 Å². The van der Waals surface area contributed by atoms with Crippen LogP contribution in [0.5, 0.6) is 11.5 Å². The van der Waals surface area contributed by atoms with Crippen LogP contribution >= 0.6 is 18.9 Å². The Balaban J connectivity index is 2.05. The van der Waals surface area contributed by atoms with E-state index in [9.17, 15) is 4.57 Å². The van der Waals surface area contributed by atoms with Gasteiger partial charge >= 0.3 is 7.60 Å². The Morgan fingerprint density at radius 3 is 2.93 bits per heavy atom. The second-order valence-corrected chi connectivity index (χ2v) is 5.44. The number of ether oxygens (including phenoxy) is 2. The largest absolute Gasteiger partial charge is 0.485 e. The van der Waals surface area contributed by atoms with Gasteiger partial charge in [0.2, 0.25) is 0 Å². The summed E-state index contributed by atoms with van der Waals surface area (Å²) in [5.41, 5.74) is 0. The molecule has 0 saturated carbocycles. The lowest BCUT2D eigenvalue weighted by Gasteiger charge is -2.24. The fourth-order valence-corrected chi connectivity index (χ4v) is 2.60. The summed E-state index contributed by atoms with van der Waals surface area (Å²) in [5, 5.41) is 3.55. The summed E-state index contributed by atoms with van der Waals surface area (Å²) >= 11 is 1.43. The van der Waals surface area contributed by atoms with Crippen molar-refractivity contribution in [2.45, 2.75) is 6.10 Å². The average molecular weight is 236 g/mol. The fourth-order valence-electron chi connectivity index (χ4n) is 1.22. The summed E-state index contributed by atoms with van der Waals surface area (Å²) < 4.78 is 21.3. The molecule has 78 valence electrons. The van der Waals surface area contributed by atoms with Gasteiger partial charge in [0.15, 0.2) is 11.5 Å². The van der Waals surface area contributed by atoms with Crippen molar-refractivity contribution in [2.75, 3.05) is 12.8 Å². The van der Waals surface area contributed by atoms with E-state index >= 15 is 0 Å². The molecule has 0 saturated heterocycles. The zero-order chi connectivity index (χ0) is 10.2. The molecule has 2 heterocycles. The van der Waals surface area contributed by atoms with Gasteiger partial charge in [0.25, 0.3) is 0 Å². The van der Waals surface area contributed by atoms with Gasteiger partial charge in [-0.25, -0.2) is 0 Å². The first kappa shape index (κ1) is 9.98. The van der Waals surface area contributed by atoms with Crippen LogP contribution in [-0.4, -0.2) is 28.7 Å². The predicted molar refractivity (Wildman–Crippen MR) is 51.1 cm³/mol. The number of hydrogen-bond donors (Lipinski definition) is 2. The molecule has 5 nitrogen and oxygen atoms in total. The Kier molecular flexibility index (Phi) is 2.53. The normalized spacial score (nSPS) is 20.9. The molecule has 0 fully saturated rings. The number of fused-ring (bicyclic) bond motifs is 1. The summed E-state index contributed by atoms with van der Waals surface area (Å²) in [6.45, 7) is 0.189. The SMILES string of the molecule is O=P(O)(O)CC1COc2cscc2O1. The lowest BCUT2D eigenvalue weighted by atomic mass is 10.4. The molecule has 14 heavy (non-hydrogen) atoms. The molecule has 0 radical (unpaired) electrons. The molecule has 0 aliphatic carbocycles. The van der Waals surface area contributed by atoms with Crippen LogP contribution in [-0.2, 0) is 4.57 Å². The molecule has 7 heteroatoms. The third-order valence-electron chi connectivity index (χ3n) is 1.75. The van der Waals surface area contributed by atoms with Crippen molar-refractivity contribution >= 4 is 18.9 Å². The minimum atomic E-state index is -4.03. The maximum atomic E-state index is 10.7. The van der Waals surface area contributed by atoms with Crippen molar-refractivity contribution in [3.05, 3.63) is 10.8 Å². The molecule has 1 aromatic heterocycles. The van der Waals surface area contributed by atoms with Crippen LogP contribution in [0, 0.1) is 0 Å². The Labute approximate surface area is 84.4 Å². The van der Waals surface area contributed by atoms with Crippen molar-refractivity contribution in [3.63, 3.8) is 0 Å². The number of rotatable bonds is 2. The highest BCUT2D eigenvalue weighted by molar-refractivity contribution is 7.51. The van der Waals surface area contributed by atoms with Crippen LogP contribution in [0.25, 0.3) is 0 Å². The smallest absolute Gasteiger partial charge is 0.329 e. The van der Waals surface area contributed by atoms with Crippen LogP contribution in [0.15, 0.2) is 10.8 Å². The van der Waals surface area contributed by atoms with E-state index < -0.39 is 13.7 Å². The van der Waals surface area contributed by atoms with Crippen LogP contribution in [0.4, 0.5) is 0 Å². The van der Waals surface area contributed by atoms with E-state index in [-0.39, 0.29) is 12.8 Å². The predicted octanol–water partition coefficient (Wildman–Crippen LogP) is 1.07. The molecule has 0 bridgehead atoms. The summed E-state index contributed by atoms with van der Waals surface area (Å²) in [4.78, 5) is 17.5. The second-order valence-electron chi connectivity index (χ2n) is 3.00. The van der Waals surface area contributed by atoms with Crippen LogP contribution in [0.3, 0.4) is 0 Å². The lowest BCUT2D eigenvalue weighted by Crippen LogP contribution is -2.31. The second kappa shape index (κ2) is 3.55. The topological polar surface area (TPSA) is 76.0 Å². The number of hydrogen-bond acceptors (Lipinski definition) is 4. The Morgan fingerprint density at radius 1 is 1.50 bits per heavy atom. The first-order valence-corrected chi connectivity index (χ1v) is 6.69. The standard InChI is InChI=1S/C7H9O5PS/c8-13(9,10)2-5-1-11-6-3-14-4-7(6)12-5/h3-5H,1-2H2,(H2,8,9,10). The third kappa shape index (κ3) is 2.27. The molecule has 1 unspecified atom stereocenters. The summed E-state index contributed by atoms with van der Waals surface area (Å²) in [6, 6.07) is 0. The zero-order valence-electron chi connectivity index (χ0n) is 7.12. The summed E-state index contributed by atoms with van der Waals surface area (Å²) in [6.07, 6.45) is -0.861. The van der Waals surface area contributed by atoms with Gasteiger partial charge in [-0.2, -0.15) is 0 Å². The molecule has 0 spiro atoms. The van der Waals surface area contributed by atoms with E-state index in [0.29, 0.717) is 11.5 Å². The zero-order valence-corrected chi connectivity index (χ0v) is 8.83. The van der Waals surface area contributed by atoms with Gasteiger partial charge in [-0.3, -0.25) is 4.57 Å². The van der Waals surface area contributed by atoms with E-state index in [2.05, 4.69) is 0 Å². The quantitative estimate of drug-likeness (QED) is 0.751. The van der Waals surface area contributed by atoms with E-state index in [4.69, 9.17) is 19.3 Å². The van der Waals surface area contributed by atoms with E-state index in [1.165, 1.54) is 11.3 Å². The highest BCUT2D eigenvalue weighted by Gasteiger charge is 2.28. The first-order valence-electron chi connectivity index (χ1n) is 3.95. The molecule has 2 rings (SSSR count). The van der Waals surface area contributed by atoms with Crippen LogP contribution in [0.2, 0.25) is 0 Å². The highest BCUT2D eigenvalue weighted by Crippen LogP contribution is 2.40. The van der Waals surface area contributed by atoms with E-state index in [1.54, 1.807) is 10.8 Å². The molecule has 0 amide bonds. The molecule has 2 N–H and O–H groups in total. The molecular weight excluding hydrogens is 227 g/mol. The number of thiophene rings is 1. The van der Waals surface area contributed by atoms with Crippen LogP contribution < -0.4 is 9.47 Å². The van der Waals surface area contributed by atoms with Crippen molar-refractivity contribution in [1.29, 1.82) is 0 Å². The average Bonchev–Trinajstić information content (AvgIpc) is 2.47.